The Morgan fingerprint density at radius 1 is 1.17 bits per heavy atom. The molecule has 3 heteroatoms. The van der Waals surface area contributed by atoms with Gasteiger partial charge in [-0.3, -0.25) is 4.79 Å². The van der Waals surface area contributed by atoms with Gasteiger partial charge in [-0.2, -0.15) is 0 Å². The summed E-state index contributed by atoms with van der Waals surface area (Å²) in [5, 5.41) is 6.41. The lowest BCUT2D eigenvalue weighted by atomic mass is 9.90. The van der Waals surface area contributed by atoms with Crippen LogP contribution >= 0.6 is 0 Å². The Labute approximate surface area is 108 Å². The van der Waals surface area contributed by atoms with Crippen molar-refractivity contribution >= 4 is 11.6 Å². The molecule has 1 saturated heterocycles. The second-order valence-corrected chi connectivity index (χ2v) is 5.41. The van der Waals surface area contributed by atoms with Crippen LogP contribution in [0.5, 0.6) is 0 Å². The molecule has 1 aromatic rings. The van der Waals surface area contributed by atoms with Crippen molar-refractivity contribution < 1.29 is 4.79 Å². The highest BCUT2D eigenvalue weighted by Gasteiger charge is 2.29. The lowest BCUT2D eigenvalue weighted by Crippen LogP contribution is -2.26. The van der Waals surface area contributed by atoms with Crippen LogP contribution in [-0.2, 0) is 4.79 Å². The van der Waals surface area contributed by atoms with E-state index in [0.29, 0.717) is 5.92 Å². The summed E-state index contributed by atoms with van der Waals surface area (Å²) >= 11 is 0. The van der Waals surface area contributed by atoms with E-state index in [1.54, 1.807) is 0 Å². The Kier molecular flexibility index (Phi) is 3.33. The summed E-state index contributed by atoms with van der Waals surface area (Å²) in [6.45, 7) is 2.20. The number of benzene rings is 1. The summed E-state index contributed by atoms with van der Waals surface area (Å²) < 4.78 is 0. The van der Waals surface area contributed by atoms with E-state index in [2.05, 4.69) is 28.8 Å². The summed E-state index contributed by atoms with van der Waals surface area (Å²) in [4.78, 5) is 11.7. The molecule has 1 heterocycles. The average molecular weight is 244 g/mol. The van der Waals surface area contributed by atoms with Crippen molar-refractivity contribution in [3.05, 3.63) is 29.8 Å². The number of carbonyl (C=O) groups excluding carboxylic acids is 1. The molecule has 1 amide bonds. The summed E-state index contributed by atoms with van der Waals surface area (Å²) in [6, 6.07) is 8.38. The standard InChI is InChI=1S/C15H20N2O/c18-15(12-4-5-12)17-14-3-1-2-13(10-14)11-6-8-16-9-7-11/h1-3,10-12,16H,4-9H2,(H,17,18). The molecule has 0 spiro atoms. The molecule has 1 aliphatic heterocycles. The quantitative estimate of drug-likeness (QED) is 0.857. The molecular formula is C15H20N2O. The SMILES string of the molecule is O=C(Nc1cccc(C2CCNCC2)c1)C1CC1. The molecule has 96 valence electrons. The maximum Gasteiger partial charge on any atom is 0.227 e. The van der Waals surface area contributed by atoms with Crippen molar-refractivity contribution in [1.29, 1.82) is 0 Å². The predicted octanol–water partition coefficient (Wildman–Crippen LogP) is 2.50. The van der Waals surface area contributed by atoms with Gasteiger partial charge >= 0.3 is 0 Å². The van der Waals surface area contributed by atoms with Crippen LogP contribution in [0.1, 0.15) is 37.2 Å². The summed E-state index contributed by atoms with van der Waals surface area (Å²) in [6.07, 6.45) is 4.50. The van der Waals surface area contributed by atoms with Gasteiger partial charge in [-0.15, -0.1) is 0 Å². The molecule has 1 saturated carbocycles. The van der Waals surface area contributed by atoms with E-state index in [9.17, 15) is 4.79 Å². The molecule has 1 aromatic carbocycles. The average Bonchev–Trinajstić information content (AvgIpc) is 3.24. The van der Waals surface area contributed by atoms with Crippen molar-refractivity contribution in [3.8, 4) is 0 Å². The Balaban J connectivity index is 1.69. The lowest BCUT2D eigenvalue weighted by molar-refractivity contribution is -0.117. The largest absolute Gasteiger partial charge is 0.326 e. The molecular weight excluding hydrogens is 224 g/mol. The summed E-state index contributed by atoms with van der Waals surface area (Å²) in [5.74, 6) is 1.11. The van der Waals surface area contributed by atoms with E-state index in [4.69, 9.17) is 0 Å². The Morgan fingerprint density at radius 3 is 2.67 bits per heavy atom. The van der Waals surface area contributed by atoms with E-state index in [1.165, 1.54) is 18.4 Å². The first-order chi connectivity index (χ1) is 8.83. The van der Waals surface area contributed by atoms with Crippen molar-refractivity contribution in [2.75, 3.05) is 18.4 Å². The first kappa shape index (κ1) is 11.7. The molecule has 0 bridgehead atoms. The smallest absolute Gasteiger partial charge is 0.227 e. The zero-order valence-corrected chi connectivity index (χ0v) is 10.6. The highest BCUT2D eigenvalue weighted by Crippen LogP contribution is 2.31. The predicted molar refractivity (Wildman–Crippen MR) is 72.6 cm³/mol. The third-order valence-electron chi connectivity index (χ3n) is 3.91. The monoisotopic (exact) mass is 244 g/mol. The molecule has 0 atom stereocenters. The lowest BCUT2D eigenvalue weighted by Gasteiger charge is -2.23. The number of hydrogen-bond acceptors (Lipinski definition) is 2. The first-order valence-corrected chi connectivity index (χ1v) is 6.94. The molecule has 2 aliphatic rings. The van der Waals surface area contributed by atoms with Gasteiger partial charge in [-0.25, -0.2) is 0 Å². The minimum atomic E-state index is 0.192. The normalized spacial score (nSPS) is 20.7. The molecule has 1 aliphatic carbocycles. The van der Waals surface area contributed by atoms with Crippen molar-refractivity contribution in [2.45, 2.75) is 31.6 Å². The zero-order chi connectivity index (χ0) is 12.4. The number of amides is 1. The van der Waals surface area contributed by atoms with Crippen LogP contribution in [-0.4, -0.2) is 19.0 Å². The number of piperidine rings is 1. The van der Waals surface area contributed by atoms with Gasteiger partial charge in [0.1, 0.15) is 0 Å². The van der Waals surface area contributed by atoms with Crippen LogP contribution in [0, 0.1) is 5.92 Å². The second-order valence-electron chi connectivity index (χ2n) is 5.41. The number of carbonyl (C=O) groups is 1. The van der Waals surface area contributed by atoms with Crippen LogP contribution in [0.3, 0.4) is 0 Å². The molecule has 0 aromatic heterocycles. The maximum atomic E-state index is 11.7. The first-order valence-electron chi connectivity index (χ1n) is 6.94. The van der Waals surface area contributed by atoms with Crippen LogP contribution < -0.4 is 10.6 Å². The maximum absolute atomic E-state index is 11.7. The fraction of sp³-hybridized carbons (Fsp3) is 0.533. The van der Waals surface area contributed by atoms with Gasteiger partial charge in [-0.05, 0) is 62.4 Å². The molecule has 3 rings (SSSR count). The van der Waals surface area contributed by atoms with E-state index < -0.39 is 0 Å². The molecule has 3 nitrogen and oxygen atoms in total. The van der Waals surface area contributed by atoms with Gasteiger partial charge in [-0.1, -0.05) is 12.1 Å². The number of nitrogens with one attached hydrogen (secondary N) is 2. The van der Waals surface area contributed by atoms with E-state index in [-0.39, 0.29) is 11.8 Å². The van der Waals surface area contributed by atoms with Gasteiger partial charge < -0.3 is 10.6 Å². The molecule has 2 N–H and O–H groups in total. The Morgan fingerprint density at radius 2 is 1.94 bits per heavy atom. The van der Waals surface area contributed by atoms with Gasteiger partial charge in [0.05, 0.1) is 0 Å². The van der Waals surface area contributed by atoms with Crippen LogP contribution in [0.15, 0.2) is 24.3 Å². The highest BCUT2D eigenvalue weighted by atomic mass is 16.2. The number of rotatable bonds is 3. The van der Waals surface area contributed by atoms with Gasteiger partial charge in [0, 0.05) is 11.6 Å². The third-order valence-corrected chi connectivity index (χ3v) is 3.91. The molecule has 2 fully saturated rings. The summed E-state index contributed by atoms with van der Waals surface area (Å²) in [5.41, 5.74) is 2.33. The Bertz CT molecular complexity index is 434. The zero-order valence-electron chi connectivity index (χ0n) is 10.6. The minimum Gasteiger partial charge on any atom is -0.326 e. The fourth-order valence-corrected chi connectivity index (χ4v) is 2.62. The Hall–Kier alpha value is -1.35. The molecule has 0 unspecified atom stereocenters. The van der Waals surface area contributed by atoms with Crippen molar-refractivity contribution in [2.24, 2.45) is 5.92 Å². The third kappa shape index (κ3) is 2.72. The van der Waals surface area contributed by atoms with Crippen LogP contribution in [0.25, 0.3) is 0 Å². The van der Waals surface area contributed by atoms with E-state index in [0.717, 1.165) is 31.6 Å². The fourth-order valence-electron chi connectivity index (χ4n) is 2.62. The minimum absolute atomic E-state index is 0.192. The van der Waals surface area contributed by atoms with Crippen molar-refractivity contribution in [1.82, 2.24) is 5.32 Å². The number of hydrogen-bond donors (Lipinski definition) is 2. The molecule has 0 radical (unpaired) electrons. The van der Waals surface area contributed by atoms with Crippen LogP contribution in [0.2, 0.25) is 0 Å². The summed E-state index contributed by atoms with van der Waals surface area (Å²) in [7, 11) is 0. The van der Waals surface area contributed by atoms with Gasteiger partial charge in [0.2, 0.25) is 5.91 Å². The second kappa shape index (κ2) is 5.11. The van der Waals surface area contributed by atoms with Crippen molar-refractivity contribution in [3.63, 3.8) is 0 Å². The van der Waals surface area contributed by atoms with Gasteiger partial charge in [0.25, 0.3) is 0 Å². The topological polar surface area (TPSA) is 41.1 Å². The van der Waals surface area contributed by atoms with E-state index >= 15 is 0 Å². The highest BCUT2D eigenvalue weighted by molar-refractivity contribution is 5.94. The van der Waals surface area contributed by atoms with Gasteiger partial charge in [0.15, 0.2) is 0 Å². The number of anilines is 1. The van der Waals surface area contributed by atoms with E-state index in [1.807, 2.05) is 6.07 Å². The van der Waals surface area contributed by atoms with Crippen LogP contribution in [0.4, 0.5) is 5.69 Å². The molecule has 18 heavy (non-hydrogen) atoms.